The second-order valence-corrected chi connectivity index (χ2v) is 4.97. The van der Waals surface area contributed by atoms with E-state index in [1.54, 1.807) is 29.2 Å². The fraction of sp³-hybridized carbons (Fsp3) is 0.375. The molecule has 0 aliphatic carbocycles. The van der Waals surface area contributed by atoms with Crippen molar-refractivity contribution in [3.8, 4) is 11.8 Å². The largest absolute Gasteiger partial charge is 0.384 e. The van der Waals surface area contributed by atoms with E-state index in [1.807, 2.05) is 0 Å². The van der Waals surface area contributed by atoms with Gasteiger partial charge in [0, 0.05) is 37.2 Å². The van der Waals surface area contributed by atoms with Crippen LogP contribution < -0.4 is 5.32 Å². The molecular weight excluding hydrogens is 268 g/mol. The summed E-state index contributed by atoms with van der Waals surface area (Å²) in [6.45, 7) is 2.50. The van der Waals surface area contributed by atoms with E-state index >= 15 is 0 Å². The lowest BCUT2D eigenvalue weighted by Crippen LogP contribution is -2.37. The van der Waals surface area contributed by atoms with Crippen molar-refractivity contribution in [2.24, 2.45) is 0 Å². The molecule has 1 aliphatic heterocycles. The Morgan fingerprint density at radius 3 is 2.71 bits per heavy atom. The number of aliphatic hydroxyl groups is 1. The Hall–Kier alpha value is -2.32. The van der Waals surface area contributed by atoms with Crippen LogP contribution in [0, 0.1) is 11.8 Å². The van der Waals surface area contributed by atoms with Crippen molar-refractivity contribution in [3.05, 3.63) is 35.4 Å². The van der Waals surface area contributed by atoms with Crippen LogP contribution in [-0.2, 0) is 4.79 Å². The second kappa shape index (κ2) is 6.91. The minimum Gasteiger partial charge on any atom is -0.384 e. The highest BCUT2D eigenvalue weighted by molar-refractivity contribution is 5.94. The molecule has 1 fully saturated rings. The lowest BCUT2D eigenvalue weighted by molar-refractivity contribution is -0.119. The first kappa shape index (κ1) is 15.1. The summed E-state index contributed by atoms with van der Waals surface area (Å²) in [5.74, 6) is 5.24. The highest BCUT2D eigenvalue weighted by Crippen LogP contribution is 2.14. The molecule has 1 aromatic carbocycles. The quantitative estimate of drug-likeness (QED) is 0.772. The number of rotatable bonds is 2. The smallest absolute Gasteiger partial charge is 0.253 e. The van der Waals surface area contributed by atoms with Gasteiger partial charge in [-0.1, -0.05) is 11.8 Å². The van der Waals surface area contributed by atoms with E-state index in [-0.39, 0.29) is 24.5 Å². The van der Waals surface area contributed by atoms with E-state index in [4.69, 9.17) is 5.11 Å². The second-order valence-electron chi connectivity index (χ2n) is 4.97. The average Bonchev–Trinajstić information content (AvgIpc) is 2.92. The van der Waals surface area contributed by atoms with E-state index in [0.717, 1.165) is 12.0 Å². The average molecular weight is 286 g/mol. The van der Waals surface area contributed by atoms with Crippen molar-refractivity contribution < 1.29 is 14.7 Å². The zero-order valence-electron chi connectivity index (χ0n) is 11.9. The number of nitrogens with zero attached hydrogens (tertiary/aromatic N) is 1. The molecule has 0 radical (unpaired) electrons. The highest BCUT2D eigenvalue weighted by Gasteiger charge is 2.27. The number of amides is 2. The van der Waals surface area contributed by atoms with Crippen LogP contribution in [0.2, 0.25) is 0 Å². The lowest BCUT2D eigenvalue weighted by Gasteiger charge is -2.16. The summed E-state index contributed by atoms with van der Waals surface area (Å²) in [6.07, 6.45) is 0.783. The van der Waals surface area contributed by atoms with Crippen LogP contribution in [0.3, 0.4) is 0 Å². The van der Waals surface area contributed by atoms with E-state index in [9.17, 15) is 9.59 Å². The van der Waals surface area contributed by atoms with Gasteiger partial charge in [0.15, 0.2) is 0 Å². The van der Waals surface area contributed by atoms with Crippen molar-refractivity contribution in [1.82, 2.24) is 10.2 Å². The standard InChI is InChI=1S/C16H18N2O3/c1-12(20)17-15-8-9-18(11-15)16(21)14-6-4-13(5-7-14)3-2-10-19/h4-7,15,19H,8-11H2,1H3,(H,17,20). The third-order valence-corrected chi connectivity index (χ3v) is 3.33. The van der Waals surface area contributed by atoms with Crippen LogP contribution in [0.4, 0.5) is 0 Å². The van der Waals surface area contributed by atoms with E-state index < -0.39 is 0 Å². The maximum atomic E-state index is 12.3. The lowest BCUT2D eigenvalue weighted by atomic mass is 10.1. The molecule has 1 aliphatic rings. The van der Waals surface area contributed by atoms with Crippen LogP contribution in [0.1, 0.15) is 29.3 Å². The van der Waals surface area contributed by atoms with Crippen LogP contribution in [-0.4, -0.2) is 47.6 Å². The number of carbonyl (C=O) groups excluding carboxylic acids is 2. The third kappa shape index (κ3) is 4.07. The molecule has 1 heterocycles. The van der Waals surface area contributed by atoms with Gasteiger partial charge in [0.1, 0.15) is 6.61 Å². The highest BCUT2D eigenvalue weighted by atomic mass is 16.2. The SMILES string of the molecule is CC(=O)NC1CCN(C(=O)c2ccc(C#CCO)cc2)C1. The van der Waals surface area contributed by atoms with Gasteiger partial charge in [0.2, 0.25) is 5.91 Å². The summed E-state index contributed by atoms with van der Waals surface area (Å²) in [6, 6.07) is 7.03. The van der Waals surface area contributed by atoms with Crippen molar-refractivity contribution in [3.63, 3.8) is 0 Å². The summed E-state index contributed by atoms with van der Waals surface area (Å²) in [4.78, 5) is 25.1. The molecule has 0 bridgehead atoms. The molecule has 1 saturated heterocycles. The normalized spacial score (nSPS) is 17.0. The van der Waals surface area contributed by atoms with Crippen LogP contribution in [0.15, 0.2) is 24.3 Å². The van der Waals surface area contributed by atoms with E-state index in [2.05, 4.69) is 17.2 Å². The zero-order chi connectivity index (χ0) is 15.2. The van der Waals surface area contributed by atoms with Gasteiger partial charge >= 0.3 is 0 Å². The Balaban J connectivity index is 1.99. The molecule has 0 spiro atoms. The Morgan fingerprint density at radius 1 is 1.38 bits per heavy atom. The van der Waals surface area contributed by atoms with Gasteiger partial charge in [-0.3, -0.25) is 9.59 Å². The van der Waals surface area contributed by atoms with Crippen molar-refractivity contribution in [2.75, 3.05) is 19.7 Å². The summed E-state index contributed by atoms with van der Waals surface area (Å²) < 4.78 is 0. The predicted octanol–water partition coefficient (Wildman–Crippen LogP) is 0.381. The maximum absolute atomic E-state index is 12.3. The van der Waals surface area contributed by atoms with Crippen LogP contribution >= 0.6 is 0 Å². The van der Waals surface area contributed by atoms with Gasteiger partial charge in [-0.2, -0.15) is 0 Å². The van der Waals surface area contributed by atoms with Crippen molar-refractivity contribution >= 4 is 11.8 Å². The summed E-state index contributed by atoms with van der Waals surface area (Å²) in [7, 11) is 0. The van der Waals surface area contributed by atoms with Gasteiger partial charge in [0.05, 0.1) is 0 Å². The number of aliphatic hydroxyl groups excluding tert-OH is 1. The first-order valence-electron chi connectivity index (χ1n) is 6.86. The maximum Gasteiger partial charge on any atom is 0.253 e. The van der Waals surface area contributed by atoms with E-state index in [1.165, 1.54) is 6.92 Å². The molecule has 1 aromatic rings. The van der Waals surface area contributed by atoms with E-state index in [0.29, 0.717) is 18.7 Å². The van der Waals surface area contributed by atoms with Gasteiger partial charge in [-0.25, -0.2) is 0 Å². The number of likely N-dealkylation sites (tertiary alicyclic amines) is 1. The number of carbonyl (C=O) groups is 2. The monoisotopic (exact) mass is 286 g/mol. The van der Waals surface area contributed by atoms with Crippen molar-refractivity contribution in [2.45, 2.75) is 19.4 Å². The fourth-order valence-electron chi connectivity index (χ4n) is 2.37. The third-order valence-electron chi connectivity index (χ3n) is 3.33. The first-order valence-corrected chi connectivity index (χ1v) is 6.86. The zero-order valence-corrected chi connectivity index (χ0v) is 11.9. The minimum absolute atomic E-state index is 0.0375. The Kier molecular flexibility index (Phi) is 4.96. The molecule has 2 amide bonds. The predicted molar refractivity (Wildman–Crippen MR) is 78.5 cm³/mol. The van der Waals surface area contributed by atoms with Gasteiger partial charge in [-0.15, -0.1) is 0 Å². The number of nitrogens with one attached hydrogen (secondary N) is 1. The van der Waals surface area contributed by atoms with Crippen LogP contribution in [0.25, 0.3) is 0 Å². The molecule has 0 aromatic heterocycles. The summed E-state index contributed by atoms with van der Waals surface area (Å²) >= 11 is 0. The molecule has 1 atom stereocenters. The Morgan fingerprint density at radius 2 is 2.10 bits per heavy atom. The molecule has 1 unspecified atom stereocenters. The van der Waals surface area contributed by atoms with Gasteiger partial charge in [-0.05, 0) is 30.7 Å². The molecule has 21 heavy (non-hydrogen) atoms. The molecule has 110 valence electrons. The Bertz CT molecular complexity index is 584. The molecule has 2 N–H and O–H groups in total. The van der Waals surface area contributed by atoms with Crippen molar-refractivity contribution in [1.29, 1.82) is 0 Å². The topological polar surface area (TPSA) is 69.6 Å². The summed E-state index contributed by atoms with van der Waals surface area (Å²) in [5.41, 5.74) is 1.37. The Labute approximate surface area is 124 Å². The van der Waals surface area contributed by atoms with Gasteiger partial charge in [0.25, 0.3) is 5.91 Å². The molecule has 0 saturated carbocycles. The van der Waals surface area contributed by atoms with Gasteiger partial charge < -0.3 is 15.3 Å². The number of hydrogen-bond acceptors (Lipinski definition) is 3. The number of benzene rings is 1. The molecular formula is C16H18N2O3. The molecule has 2 rings (SSSR count). The van der Waals surface area contributed by atoms with Crippen LogP contribution in [0.5, 0.6) is 0 Å². The summed E-state index contributed by atoms with van der Waals surface area (Å²) in [5, 5.41) is 11.5. The first-order chi connectivity index (χ1) is 10.1. The number of hydrogen-bond donors (Lipinski definition) is 2. The molecule has 5 heteroatoms. The molecule has 5 nitrogen and oxygen atoms in total. The minimum atomic E-state index is -0.182. The fourth-order valence-corrected chi connectivity index (χ4v) is 2.37.